The Morgan fingerprint density at radius 2 is 1.73 bits per heavy atom. The van der Waals surface area contributed by atoms with E-state index in [1.54, 1.807) is 0 Å². The van der Waals surface area contributed by atoms with Crippen LogP contribution < -0.4 is 5.32 Å². The summed E-state index contributed by atoms with van der Waals surface area (Å²) >= 11 is 0. The van der Waals surface area contributed by atoms with Gasteiger partial charge in [-0.2, -0.15) is 0 Å². The molecule has 0 radical (unpaired) electrons. The summed E-state index contributed by atoms with van der Waals surface area (Å²) in [6.07, 6.45) is 5.38. The third-order valence-corrected chi connectivity index (χ3v) is 3.75. The summed E-state index contributed by atoms with van der Waals surface area (Å²) in [6, 6.07) is -0.161. The van der Waals surface area contributed by atoms with Crippen LogP contribution in [0.25, 0.3) is 0 Å². The van der Waals surface area contributed by atoms with Gasteiger partial charge in [0.25, 0.3) is 0 Å². The van der Waals surface area contributed by atoms with E-state index in [-0.39, 0.29) is 24.7 Å². The van der Waals surface area contributed by atoms with Crippen LogP contribution in [0.3, 0.4) is 0 Å². The predicted molar refractivity (Wildman–Crippen MR) is 61.7 cm³/mol. The summed E-state index contributed by atoms with van der Waals surface area (Å²) in [7, 11) is 0. The Hall–Kier alpha value is -0.120. The van der Waals surface area contributed by atoms with Gasteiger partial charge in [-0.25, -0.2) is 0 Å². The quantitative estimate of drug-likeness (QED) is 0.623. The van der Waals surface area contributed by atoms with E-state index in [9.17, 15) is 0 Å². The molecule has 1 aliphatic rings. The monoisotopic (exact) mass is 215 g/mol. The first kappa shape index (κ1) is 12.9. The second kappa shape index (κ2) is 5.83. The Morgan fingerprint density at radius 3 is 2.20 bits per heavy atom. The van der Waals surface area contributed by atoms with Crippen molar-refractivity contribution in [2.24, 2.45) is 11.3 Å². The molecule has 0 aromatic heterocycles. The molecule has 0 spiro atoms. The molecule has 90 valence electrons. The highest BCUT2D eigenvalue weighted by atomic mass is 16.3. The first-order valence-corrected chi connectivity index (χ1v) is 6.05. The fourth-order valence-electron chi connectivity index (χ4n) is 2.45. The number of nitrogens with one attached hydrogen (secondary N) is 1. The molecule has 0 unspecified atom stereocenters. The van der Waals surface area contributed by atoms with Crippen LogP contribution in [0.5, 0.6) is 0 Å². The van der Waals surface area contributed by atoms with Gasteiger partial charge in [-0.1, -0.05) is 26.7 Å². The minimum atomic E-state index is -0.161. The summed E-state index contributed by atoms with van der Waals surface area (Å²) in [4.78, 5) is 0. The maximum absolute atomic E-state index is 8.97. The van der Waals surface area contributed by atoms with Crippen LogP contribution >= 0.6 is 0 Å². The SMILES string of the molecule is CC(C)(CNC(CO)CO)C1CCCC1. The fraction of sp³-hybridized carbons (Fsp3) is 1.00. The Kier molecular flexibility index (Phi) is 5.03. The van der Waals surface area contributed by atoms with Crippen LogP contribution in [-0.2, 0) is 0 Å². The molecule has 0 saturated heterocycles. The van der Waals surface area contributed by atoms with Crippen molar-refractivity contribution in [1.29, 1.82) is 0 Å². The largest absolute Gasteiger partial charge is 0.395 e. The zero-order valence-electron chi connectivity index (χ0n) is 10.00. The molecule has 0 atom stereocenters. The molecule has 1 saturated carbocycles. The molecule has 0 aliphatic heterocycles. The minimum Gasteiger partial charge on any atom is -0.395 e. The summed E-state index contributed by atoms with van der Waals surface area (Å²) in [5.74, 6) is 0.794. The number of aliphatic hydroxyl groups is 2. The van der Waals surface area contributed by atoms with Crippen molar-refractivity contribution in [2.75, 3.05) is 19.8 Å². The molecule has 15 heavy (non-hydrogen) atoms. The summed E-state index contributed by atoms with van der Waals surface area (Å²) in [6.45, 7) is 5.46. The number of hydrogen-bond acceptors (Lipinski definition) is 3. The molecule has 0 bridgehead atoms. The van der Waals surface area contributed by atoms with Crippen molar-refractivity contribution in [1.82, 2.24) is 5.32 Å². The fourth-order valence-corrected chi connectivity index (χ4v) is 2.45. The maximum atomic E-state index is 8.97. The van der Waals surface area contributed by atoms with Gasteiger partial charge in [-0.15, -0.1) is 0 Å². The lowest BCUT2D eigenvalue weighted by molar-refractivity contribution is 0.141. The second-order valence-corrected chi connectivity index (χ2v) is 5.41. The Labute approximate surface area is 92.9 Å². The first-order chi connectivity index (χ1) is 7.10. The lowest BCUT2D eigenvalue weighted by Gasteiger charge is -2.33. The summed E-state index contributed by atoms with van der Waals surface area (Å²) < 4.78 is 0. The van der Waals surface area contributed by atoms with Crippen LogP contribution in [0.4, 0.5) is 0 Å². The molecule has 0 amide bonds. The summed E-state index contributed by atoms with van der Waals surface area (Å²) in [5.41, 5.74) is 0.277. The van der Waals surface area contributed by atoms with E-state index in [0.29, 0.717) is 0 Å². The van der Waals surface area contributed by atoms with Gasteiger partial charge in [0.2, 0.25) is 0 Å². The van der Waals surface area contributed by atoms with Gasteiger partial charge in [0, 0.05) is 6.54 Å². The predicted octanol–water partition coefficient (Wildman–Crippen LogP) is 1.15. The van der Waals surface area contributed by atoms with Crippen molar-refractivity contribution in [3.05, 3.63) is 0 Å². The van der Waals surface area contributed by atoms with Crippen molar-refractivity contribution >= 4 is 0 Å². The van der Waals surface area contributed by atoms with Crippen LogP contribution in [0.15, 0.2) is 0 Å². The Balaban J connectivity index is 2.34. The lowest BCUT2D eigenvalue weighted by Crippen LogP contribution is -2.43. The van der Waals surface area contributed by atoms with Crippen LogP contribution in [0.2, 0.25) is 0 Å². The Bertz CT molecular complexity index is 172. The molecule has 1 fully saturated rings. The van der Waals surface area contributed by atoms with Gasteiger partial charge in [0.1, 0.15) is 0 Å². The van der Waals surface area contributed by atoms with Crippen molar-refractivity contribution in [2.45, 2.75) is 45.6 Å². The molecule has 3 N–H and O–H groups in total. The Morgan fingerprint density at radius 1 is 1.20 bits per heavy atom. The molecular formula is C12H25NO2. The third-order valence-electron chi connectivity index (χ3n) is 3.75. The maximum Gasteiger partial charge on any atom is 0.0607 e. The van der Waals surface area contributed by atoms with Gasteiger partial charge in [-0.05, 0) is 24.2 Å². The molecule has 0 aromatic rings. The van der Waals surface area contributed by atoms with E-state index in [2.05, 4.69) is 19.2 Å². The number of rotatable bonds is 6. The van der Waals surface area contributed by atoms with E-state index in [1.807, 2.05) is 0 Å². The minimum absolute atomic E-state index is 0.0112. The van der Waals surface area contributed by atoms with Crippen molar-refractivity contribution in [3.8, 4) is 0 Å². The average Bonchev–Trinajstić information content (AvgIpc) is 2.72. The van der Waals surface area contributed by atoms with E-state index < -0.39 is 0 Å². The van der Waals surface area contributed by atoms with Gasteiger partial charge in [-0.3, -0.25) is 0 Å². The number of hydrogen-bond donors (Lipinski definition) is 3. The normalized spacial score (nSPS) is 19.0. The molecular weight excluding hydrogens is 190 g/mol. The van der Waals surface area contributed by atoms with E-state index >= 15 is 0 Å². The average molecular weight is 215 g/mol. The van der Waals surface area contributed by atoms with Crippen LogP contribution in [0.1, 0.15) is 39.5 Å². The lowest BCUT2D eigenvalue weighted by atomic mass is 9.77. The molecule has 3 heteroatoms. The highest BCUT2D eigenvalue weighted by Crippen LogP contribution is 2.38. The van der Waals surface area contributed by atoms with Gasteiger partial charge >= 0.3 is 0 Å². The first-order valence-electron chi connectivity index (χ1n) is 6.05. The van der Waals surface area contributed by atoms with E-state index in [4.69, 9.17) is 10.2 Å². The smallest absolute Gasteiger partial charge is 0.0607 e. The summed E-state index contributed by atoms with van der Waals surface area (Å²) in [5, 5.41) is 21.2. The third kappa shape index (κ3) is 3.74. The molecule has 0 aromatic carbocycles. The topological polar surface area (TPSA) is 52.5 Å². The zero-order chi connectivity index (χ0) is 11.3. The van der Waals surface area contributed by atoms with E-state index in [1.165, 1.54) is 25.7 Å². The standard InChI is InChI=1S/C12H25NO2/c1-12(2,10-5-3-4-6-10)9-13-11(7-14)8-15/h10-11,13-15H,3-9H2,1-2H3. The van der Waals surface area contributed by atoms with Crippen molar-refractivity contribution < 1.29 is 10.2 Å². The van der Waals surface area contributed by atoms with Gasteiger partial charge < -0.3 is 15.5 Å². The van der Waals surface area contributed by atoms with Gasteiger partial charge in [0.15, 0.2) is 0 Å². The van der Waals surface area contributed by atoms with Crippen LogP contribution in [-0.4, -0.2) is 36.0 Å². The number of aliphatic hydroxyl groups excluding tert-OH is 2. The zero-order valence-corrected chi connectivity index (χ0v) is 10.00. The molecule has 3 nitrogen and oxygen atoms in total. The molecule has 0 heterocycles. The van der Waals surface area contributed by atoms with Crippen molar-refractivity contribution in [3.63, 3.8) is 0 Å². The van der Waals surface area contributed by atoms with Gasteiger partial charge in [0.05, 0.1) is 19.3 Å². The highest BCUT2D eigenvalue weighted by Gasteiger charge is 2.31. The van der Waals surface area contributed by atoms with Crippen LogP contribution in [0, 0.1) is 11.3 Å². The molecule has 1 aliphatic carbocycles. The molecule has 1 rings (SSSR count). The highest BCUT2D eigenvalue weighted by molar-refractivity contribution is 4.85. The second-order valence-electron chi connectivity index (χ2n) is 5.41. The van der Waals surface area contributed by atoms with E-state index in [0.717, 1.165) is 12.5 Å².